The highest BCUT2D eigenvalue weighted by Crippen LogP contribution is 2.56. The van der Waals surface area contributed by atoms with Gasteiger partial charge in [0.1, 0.15) is 17.6 Å². The topological polar surface area (TPSA) is 82.6 Å². The Morgan fingerprint density at radius 2 is 1.49 bits per heavy atom. The van der Waals surface area contributed by atoms with E-state index in [0.29, 0.717) is 12.5 Å². The summed E-state index contributed by atoms with van der Waals surface area (Å²) in [6.45, 7) is 0.339. The van der Waals surface area contributed by atoms with E-state index in [9.17, 15) is 9.59 Å². The van der Waals surface area contributed by atoms with Crippen LogP contribution in [-0.4, -0.2) is 29.4 Å². The molecule has 1 N–H and O–H groups in total. The minimum Gasteiger partial charge on any atom is -0.497 e. The number of hydrogen-bond donors (Lipinski definition) is 1. The molecule has 7 nitrogen and oxygen atoms in total. The van der Waals surface area contributed by atoms with Crippen molar-refractivity contribution >= 4 is 0 Å². The zero-order valence-electron chi connectivity index (χ0n) is 20.4. The third-order valence-corrected chi connectivity index (χ3v) is 7.50. The number of nitrogens with one attached hydrogen (secondary N) is 1. The molecule has 2 fully saturated rings. The van der Waals surface area contributed by atoms with E-state index >= 15 is 0 Å². The molecular weight excluding hydrogens is 468 g/mol. The Kier molecular flexibility index (Phi) is 6.02. The summed E-state index contributed by atoms with van der Waals surface area (Å²) in [5.74, 6) is 1.29. The van der Waals surface area contributed by atoms with E-state index in [-0.39, 0.29) is 12.0 Å². The number of H-pyrrole nitrogens is 1. The van der Waals surface area contributed by atoms with Crippen LogP contribution in [0.2, 0.25) is 0 Å². The molecule has 188 valence electrons. The lowest BCUT2D eigenvalue weighted by Crippen LogP contribution is -2.37. The maximum Gasteiger partial charge on any atom is 0.330 e. The maximum absolute atomic E-state index is 12.4. The first-order valence-electron chi connectivity index (χ1n) is 12.5. The predicted molar refractivity (Wildman–Crippen MR) is 139 cm³/mol. The van der Waals surface area contributed by atoms with Gasteiger partial charge in [0.2, 0.25) is 0 Å². The molecule has 0 spiro atoms. The highest BCUT2D eigenvalue weighted by molar-refractivity contribution is 5.48. The summed E-state index contributed by atoms with van der Waals surface area (Å²) in [5, 5.41) is 0. The van der Waals surface area contributed by atoms with Gasteiger partial charge in [-0.15, -0.1) is 0 Å². The number of fused-ring (bicyclic) bond motifs is 1. The number of aromatic nitrogens is 2. The molecule has 4 aromatic rings. The van der Waals surface area contributed by atoms with Crippen LogP contribution in [0.5, 0.6) is 5.75 Å². The van der Waals surface area contributed by atoms with E-state index in [2.05, 4.69) is 29.2 Å². The van der Waals surface area contributed by atoms with Gasteiger partial charge >= 0.3 is 5.69 Å². The van der Waals surface area contributed by atoms with Gasteiger partial charge in [0.05, 0.1) is 19.8 Å². The van der Waals surface area contributed by atoms with Gasteiger partial charge in [-0.1, -0.05) is 72.8 Å². The number of methoxy groups -OCH3 is 1. The Hall–Kier alpha value is -3.94. The fraction of sp³-hybridized carbons (Fsp3) is 0.267. The summed E-state index contributed by atoms with van der Waals surface area (Å²) in [5.41, 5.74) is 1.24. The molecule has 1 saturated heterocycles. The molecule has 2 heterocycles. The van der Waals surface area contributed by atoms with Crippen molar-refractivity contribution in [3.05, 3.63) is 135 Å². The van der Waals surface area contributed by atoms with Crippen LogP contribution in [0.4, 0.5) is 0 Å². The summed E-state index contributed by atoms with van der Waals surface area (Å²) >= 11 is 0. The molecule has 1 aliphatic heterocycles. The van der Waals surface area contributed by atoms with E-state index < -0.39 is 23.1 Å². The Labute approximate surface area is 214 Å². The van der Waals surface area contributed by atoms with Crippen molar-refractivity contribution in [1.29, 1.82) is 0 Å². The zero-order valence-corrected chi connectivity index (χ0v) is 20.4. The normalized spacial score (nSPS) is 22.4. The highest BCUT2D eigenvalue weighted by atomic mass is 16.6. The first-order valence-corrected chi connectivity index (χ1v) is 12.5. The lowest BCUT2D eigenvalue weighted by molar-refractivity contribution is -0.0945. The molecule has 0 amide bonds. The summed E-state index contributed by atoms with van der Waals surface area (Å²) < 4.78 is 20.2. The molecule has 0 bridgehead atoms. The fourth-order valence-corrected chi connectivity index (χ4v) is 5.56. The number of rotatable bonds is 8. The van der Waals surface area contributed by atoms with Gasteiger partial charge < -0.3 is 14.2 Å². The maximum atomic E-state index is 12.4. The highest BCUT2D eigenvalue weighted by Gasteiger charge is 2.57. The Balaban J connectivity index is 1.37. The Morgan fingerprint density at radius 3 is 2.08 bits per heavy atom. The fourth-order valence-electron chi connectivity index (χ4n) is 5.56. The van der Waals surface area contributed by atoms with Gasteiger partial charge in [-0.05, 0) is 41.2 Å². The minimum atomic E-state index is -0.880. The van der Waals surface area contributed by atoms with Crippen LogP contribution in [0.15, 0.2) is 107 Å². The standard InChI is InChI=1S/C30H28N2O5/c1-35-23-14-12-22(13-15-23)30(20-8-4-2-5-9-20,21-10-6-3-7-11-21)36-19-26-24-18-25(24)28(37-26)32-17-16-27(33)31-29(32)34/h2-17,24-26,28H,18-19H2,1H3,(H,31,33,34)/t24-,25+,26+,28+/m0/s1. The number of nitrogens with zero attached hydrogens (tertiary/aromatic N) is 1. The summed E-state index contributed by atoms with van der Waals surface area (Å²) in [6, 6.07) is 29.7. The molecule has 1 aliphatic carbocycles. The van der Waals surface area contributed by atoms with Crippen LogP contribution in [-0.2, 0) is 15.1 Å². The van der Waals surface area contributed by atoms with Gasteiger partial charge in [0.15, 0.2) is 0 Å². The van der Waals surface area contributed by atoms with Gasteiger partial charge in [-0.25, -0.2) is 4.79 Å². The van der Waals surface area contributed by atoms with Crippen LogP contribution >= 0.6 is 0 Å². The van der Waals surface area contributed by atoms with Crippen molar-refractivity contribution in [3.63, 3.8) is 0 Å². The predicted octanol–water partition coefficient (Wildman–Crippen LogP) is 4.09. The second-order valence-electron chi connectivity index (χ2n) is 9.60. The lowest BCUT2D eigenvalue weighted by Gasteiger charge is -2.37. The van der Waals surface area contributed by atoms with E-state index in [4.69, 9.17) is 14.2 Å². The van der Waals surface area contributed by atoms with Crippen LogP contribution < -0.4 is 16.0 Å². The van der Waals surface area contributed by atoms with Crippen LogP contribution in [0.25, 0.3) is 0 Å². The molecule has 7 heteroatoms. The number of benzene rings is 3. The molecule has 2 aliphatic rings. The zero-order chi connectivity index (χ0) is 25.4. The Bertz CT molecular complexity index is 1440. The summed E-state index contributed by atoms with van der Waals surface area (Å²) in [7, 11) is 1.65. The lowest BCUT2D eigenvalue weighted by atomic mass is 9.80. The third-order valence-electron chi connectivity index (χ3n) is 7.50. The van der Waals surface area contributed by atoms with Crippen LogP contribution in [0.1, 0.15) is 29.3 Å². The molecular formula is C30H28N2O5. The second-order valence-corrected chi connectivity index (χ2v) is 9.60. The van der Waals surface area contributed by atoms with E-state index in [1.54, 1.807) is 7.11 Å². The number of hydrogen-bond acceptors (Lipinski definition) is 5. The SMILES string of the molecule is COc1ccc(C(OC[C@H]2O[C@@H](n3ccc(=O)[nH]c3=O)[C@@H]3C[C@@H]32)(c2ccccc2)c2ccccc2)cc1. The van der Waals surface area contributed by atoms with Gasteiger partial charge in [-0.3, -0.25) is 14.3 Å². The minimum absolute atomic E-state index is 0.182. The van der Waals surface area contributed by atoms with Crippen molar-refractivity contribution in [2.75, 3.05) is 13.7 Å². The monoisotopic (exact) mass is 496 g/mol. The molecule has 0 unspecified atom stereocenters. The van der Waals surface area contributed by atoms with E-state index in [1.165, 1.54) is 16.8 Å². The van der Waals surface area contributed by atoms with Crippen molar-refractivity contribution in [3.8, 4) is 5.75 Å². The third kappa shape index (κ3) is 4.20. The van der Waals surface area contributed by atoms with Crippen molar-refractivity contribution in [1.82, 2.24) is 9.55 Å². The molecule has 37 heavy (non-hydrogen) atoms. The van der Waals surface area contributed by atoms with Gasteiger partial charge in [0, 0.05) is 18.2 Å². The molecule has 0 radical (unpaired) electrons. The number of aromatic amines is 1. The largest absolute Gasteiger partial charge is 0.497 e. The molecule has 1 aromatic heterocycles. The first-order chi connectivity index (χ1) is 18.1. The van der Waals surface area contributed by atoms with Gasteiger partial charge in [0.25, 0.3) is 5.56 Å². The molecule has 6 rings (SSSR count). The summed E-state index contributed by atoms with van der Waals surface area (Å²) in [4.78, 5) is 26.3. The number of ether oxygens (including phenoxy) is 3. The average molecular weight is 497 g/mol. The van der Waals surface area contributed by atoms with E-state index in [0.717, 1.165) is 28.9 Å². The van der Waals surface area contributed by atoms with Crippen molar-refractivity contribution in [2.45, 2.75) is 24.4 Å². The molecule has 3 aromatic carbocycles. The van der Waals surface area contributed by atoms with Crippen LogP contribution in [0, 0.1) is 11.8 Å². The van der Waals surface area contributed by atoms with Crippen molar-refractivity contribution < 1.29 is 14.2 Å². The second kappa shape index (κ2) is 9.50. The summed E-state index contributed by atoms with van der Waals surface area (Å²) in [6.07, 6.45) is 1.88. The first kappa shape index (κ1) is 23.5. The Morgan fingerprint density at radius 1 is 0.865 bits per heavy atom. The van der Waals surface area contributed by atoms with Crippen molar-refractivity contribution in [2.24, 2.45) is 11.8 Å². The van der Waals surface area contributed by atoms with Crippen LogP contribution in [0.3, 0.4) is 0 Å². The molecule has 4 atom stereocenters. The average Bonchev–Trinajstić information content (AvgIpc) is 3.66. The smallest absolute Gasteiger partial charge is 0.330 e. The molecule has 1 saturated carbocycles. The van der Waals surface area contributed by atoms with Gasteiger partial charge in [-0.2, -0.15) is 0 Å². The quantitative estimate of drug-likeness (QED) is 0.372. The van der Waals surface area contributed by atoms with E-state index in [1.807, 2.05) is 60.7 Å².